The molecule has 0 atom stereocenters. The number of amides is 1. The average Bonchev–Trinajstić information content (AvgIpc) is 3.30. The lowest BCUT2D eigenvalue weighted by Gasteiger charge is -2.09. The molecular weight excluding hydrogens is 448 g/mol. The third-order valence-electron chi connectivity index (χ3n) is 5.57. The number of rotatable bonds is 7. The van der Waals surface area contributed by atoms with E-state index < -0.39 is 11.6 Å². The Kier molecular flexibility index (Phi) is 6.22. The molecule has 0 aliphatic heterocycles. The summed E-state index contributed by atoms with van der Waals surface area (Å²) in [4.78, 5) is 12.8. The van der Waals surface area contributed by atoms with Crippen LogP contribution in [0.5, 0.6) is 5.75 Å². The first-order valence-electron chi connectivity index (χ1n) is 11.0. The molecule has 5 nitrogen and oxygen atoms in total. The number of halogens is 2. The quantitative estimate of drug-likeness (QED) is 0.309. The van der Waals surface area contributed by atoms with Gasteiger partial charge in [0.05, 0.1) is 6.54 Å². The number of fused-ring (bicyclic) bond motifs is 1. The first-order valence-corrected chi connectivity index (χ1v) is 11.0. The molecule has 0 radical (unpaired) electrons. The highest BCUT2D eigenvalue weighted by molar-refractivity contribution is 6.03. The number of nitrogens with zero attached hydrogens (tertiary/aromatic N) is 2. The predicted molar refractivity (Wildman–Crippen MR) is 130 cm³/mol. The van der Waals surface area contributed by atoms with Crippen molar-refractivity contribution < 1.29 is 18.3 Å². The molecule has 0 saturated heterocycles. The van der Waals surface area contributed by atoms with Gasteiger partial charge in [0.2, 0.25) is 0 Å². The first kappa shape index (κ1) is 22.3. The fourth-order valence-corrected chi connectivity index (χ4v) is 3.87. The Hall–Kier alpha value is -4.52. The Bertz CT molecular complexity index is 1510. The van der Waals surface area contributed by atoms with E-state index in [0.29, 0.717) is 23.5 Å². The van der Waals surface area contributed by atoms with Gasteiger partial charge in [-0.2, -0.15) is 5.10 Å². The topological polar surface area (TPSA) is 56.2 Å². The van der Waals surface area contributed by atoms with Crippen LogP contribution in [0.3, 0.4) is 0 Å². The number of anilines is 1. The molecule has 1 aromatic heterocycles. The van der Waals surface area contributed by atoms with Crippen molar-refractivity contribution >= 4 is 22.5 Å². The molecule has 0 bridgehead atoms. The van der Waals surface area contributed by atoms with Crippen molar-refractivity contribution in [3.63, 3.8) is 0 Å². The largest absolute Gasteiger partial charge is 0.486 e. The van der Waals surface area contributed by atoms with E-state index >= 15 is 0 Å². The Morgan fingerprint density at radius 1 is 0.914 bits per heavy atom. The van der Waals surface area contributed by atoms with Crippen LogP contribution in [0.2, 0.25) is 0 Å². The summed E-state index contributed by atoms with van der Waals surface area (Å²) in [6.07, 6.45) is 1.82. The zero-order valence-corrected chi connectivity index (χ0v) is 18.6. The highest BCUT2D eigenvalue weighted by atomic mass is 19.1. The van der Waals surface area contributed by atoms with Crippen LogP contribution in [-0.2, 0) is 13.2 Å². The summed E-state index contributed by atoms with van der Waals surface area (Å²) in [5.41, 5.74) is 2.21. The van der Waals surface area contributed by atoms with Crippen molar-refractivity contribution in [2.24, 2.45) is 0 Å². The molecule has 0 unspecified atom stereocenters. The Labute approximate surface area is 200 Å². The van der Waals surface area contributed by atoms with Gasteiger partial charge in [0, 0.05) is 23.9 Å². The van der Waals surface area contributed by atoms with Crippen molar-refractivity contribution in [2.75, 3.05) is 5.32 Å². The molecule has 0 spiro atoms. The van der Waals surface area contributed by atoms with E-state index in [4.69, 9.17) is 4.74 Å². The molecule has 0 fully saturated rings. The second-order valence-electron chi connectivity index (χ2n) is 8.05. The molecule has 35 heavy (non-hydrogen) atoms. The number of carbonyl (C=O) groups excluding carboxylic acids is 1. The summed E-state index contributed by atoms with van der Waals surface area (Å²) in [6.45, 7) is 0.604. The van der Waals surface area contributed by atoms with E-state index in [2.05, 4.69) is 34.7 Å². The van der Waals surface area contributed by atoms with Crippen molar-refractivity contribution in [3.05, 3.63) is 126 Å². The minimum Gasteiger partial charge on any atom is -0.486 e. The van der Waals surface area contributed by atoms with E-state index in [1.54, 1.807) is 35.0 Å². The van der Waals surface area contributed by atoms with E-state index in [1.165, 1.54) is 6.07 Å². The summed E-state index contributed by atoms with van der Waals surface area (Å²) in [5.74, 6) is -1.40. The lowest BCUT2D eigenvalue weighted by molar-refractivity contribution is 0.102. The van der Waals surface area contributed by atoms with Gasteiger partial charge in [0.1, 0.15) is 12.4 Å². The van der Waals surface area contributed by atoms with Crippen LogP contribution in [0.4, 0.5) is 14.6 Å². The van der Waals surface area contributed by atoms with Crippen molar-refractivity contribution in [1.29, 1.82) is 0 Å². The second-order valence-corrected chi connectivity index (χ2v) is 8.05. The molecule has 1 heterocycles. The molecule has 0 aliphatic rings. The summed E-state index contributed by atoms with van der Waals surface area (Å²) in [5, 5.41) is 9.61. The predicted octanol–water partition coefficient (Wildman–Crippen LogP) is 6.19. The van der Waals surface area contributed by atoms with Gasteiger partial charge in [-0.3, -0.25) is 9.48 Å². The van der Waals surface area contributed by atoms with Gasteiger partial charge < -0.3 is 10.1 Å². The molecular formula is C28H21F2N3O2. The van der Waals surface area contributed by atoms with Gasteiger partial charge in [-0.15, -0.1) is 0 Å². The summed E-state index contributed by atoms with van der Waals surface area (Å²) in [6, 6.07) is 26.0. The highest BCUT2D eigenvalue weighted by Crippen LogP contribution is 2.21. The summed E-state index contributed by atoms with van der Waals surface area (Å²) in [7, 11) is 0. The lowest BCUT2D eigenvalue weighted by atomic mass is 10.0. The van der Waals surface area contributed by atoms with Crippen LogP contribution in [-0.4, -0.2) is 15.7 Å². The lowest BCUT2D eigenvalue weighted by Crippen LogP contribution is -2.13. The standard InChI is InChI=1S/C28H21F2N3O2/c29-23-11-12-26(25(30)16-23)35-18-19-5-3-8-21(15-19)28(34)31-27-13-14-33(32-27)17-22-9-4-7-20-6-1-2-10-24(20)22/h1-16H,17-18H2,(H,31,32,34). The molecule has 5 rings (SSSR count). The zero-order valence-electron chi connectivity index (χ0n) is 18.6. The van der Waals surface area contributed by atoms with Crippen molar-refractivity contribution in [1.82, 2.24) is 9.78 Å². The van der Waals surface area contributed by atoms with Gasteiger partial charge in [-0.1, -0.05) is 54.6 Å². The third-order valence-corrected chi connectivity index (χ3v) is 5.57. The molecule has 0 aliphatic carbocycles. The van der Waals surface area contributed by atoms with Crippen molar-refractivity contribution in [3.8, 4) is 5.75 Å². The second kappa shape index (κ2) is 9.77. The van der Waals surface area contributed by atoms with Crippen LogP contribution in [0.25, 0.3) is 10.8 Å². The van der Waals surface area contributed by atoms with Gasteiger partial charge >= 0.3 is 0 Å². The van der Waals surface area contributed by atoms with E-state index in [9.17, 15) is 13.6 Å². The minimum atomic E-state index is -0.780. The fraction of sp³-hybridized carbons (Fsp3) is 0.0714. The Balaban J connectivity index is 1.24. The Morgan fingerprint density at radius 2 is 1.74 bits per heavy atom. The first-order chi connectivity index (χ1) is 17.0. The van der Waals surface area contributed by atoms with E-state index in [0.717, 1.165) is 28.5 Å². The molecule has 5 aromatic rings. The van der Waals surface area contributed by atoms with E-state index in [1.807, 2.05) is 24.4 Å². The smallest absolute Gasteiger partial charge is 0.256 e. The zero-order chi connectivity index (χ0) is 24.2. The average molecular weight is 469 g/mol. The number of benzene rings is 4. The maximum Gasteiger partial charge on any atom is 0.256 e. The van der Waals surface area contributed by atoms with Gasteiger partial charge in [-0.25, -0.2) is 8.78 Å². The summed E-state index contributed by atoms with van der Waals surface area (Å²) >= 11 is 0. The third kappa shape index (κ3) is 5.19. The SMILES string of the molecule is O=C(Nc1ccn(Cc2cccc3ccccc23)n1)c1cccc(COc2ccc(F)cc2F)c1. The number of hydrogen-bond acceptors (Lipinski definition) is 3. The fourth-order valence-electron chi connectivity index (χ4n) is 3.87. The monoisotopic (exact) mass is 469 g/mol. The Morgan fingerprint density at radius 3 is 2.63 bits per heavy atom. The number of carbonyl (C=O) groups is 1. The maximum atomic E-state index is 13.8. The van der Waals surface area contributed by atoms with Crippen LogP contribution >= 0.6 is 0 Å². The van der Waals surface area contributed by atoms with Gasteiger partial charge in [0.15, 0.2) is 17.4 Å². The number of nitrogens with one attached hydrogen (secondary N) is 1. The highest BCUT2D eigenvalue weighted by Gasteiger charge is 2.11. The van der Waals surface area contributed by atoms with Crippen LogP contribution < -0.4 is 10.1 Å². The van der Waals surface area contributed by atoms with Crippen LogP contribution in [0.15, 0.2) is 97.2 Å². The molecule has 174 valence electrons. The van der Waals surface area contributed by atoms with Gasteiger partial charge in [0.25, 0.3) is 5.91 Å². The van der Waals surface area contributed by atoms with Crippen LogP contribution in [0, 0.1) is 11.6 Å². The molecule has 1 N–H and O–H groups in total. The molecule has 1 amide bonds. The van der Waals surface area contributed by atoms with Crippen LogP contribution in [0.1, 0.15) is 21.5 Å². The van der Waals surface area contributed by atoms with E-state index in [-0.39, 0.29) is 18.3 Å². The number of ether oxygens (including phenoxy) is 1. The number of aromatic nitrogens is 2. The number of hydrogen-bond donors (Lipinski definition) is 1. The molecule has 0 saturated carbocycles. The normalized spacial score (nSPS) is 10.9. The van der Waals surface area contributed by atoms with Crippen molar-refractivity contribution in [2.45, 2.75) is 13.2 Å². The maximum absolute atomic E-state index is 13.8. The minimum absolute atomic E-state index is 0.0311. The van der Waals surface area contributed by atoms with Gasteiger partial charge in [-0.05, 0) is 46.2 Å². The summed E-state index contributed by atoms with van der Waals surface area (Å²) < 4.78 is 34.0. The molecule has 7 heteroatoms. The molecule has 4 aromatic carbocycles.